The van der Waals surface area contributed by atoms with Gasteiger partial charge in [0.25, 0.3) is 5.91 Å². The minimum Gasteiger partial charge on any atom is -0.486 e. The summed E-state index contributed by atoms with van der Waals surface area (Å²) in [6.45, 7) is 5.13. The van der Waals surface area contributed by atoms with Gasteiger partial charge in [0, 0.05) is 44.4 Å². The fourth-order valence-corrected chi connectivity index (χ4v) is 4.16. The van der Waals surface area contributed by atoms with Crippen LogP contribution in [0.2, 0.25) is 0 Å². The van der Waals surface area contributed by atoms with E-state index in [4.69, 9.17) is 20.2 Å². The maximum Gasteiger partial charge on any atom is 0.253 e. The monoisotopic (exact) mass is 481 g/mol. The zero-order valence-electron chi connectivity index (χ0n) is 20.5. The minimum atomic E-state index is -0.514. The predicted octanol–water partition coefficient (Wildman–Crippen LogP) is 3.34. The molecule has 1 atom stereocenters. The third-order valence-electron chi connectivity index (χ3n) is 6.07. The van der Waals surface area contributed by atoms with E-state index < -0.39 is 6.10 Å². The summed E-state index contributed by atoms with van der Waals surface area (Å²) < 4.78 is 25.9. The number of carbonyl (C=O) groups excluding carboxylic acids is 1. The first-order valence-electron chi connectivity index (χ1n) is 11.9. The first kappa shape index (κ1) is 24.8. The molecule has 8 nitrogen and oxygen atoms in total. The van der Waals surface area contributed by atoms with Gasteiger partial charge < -0.3 is 25.0 Å². The Kier molecular flexibility index (Phi) is 7.77. The summed E-state index contributed by atoms with van der Waals surface area (Å²) >= 11 is 0. The maximum atomic E-state index is 14.1. The molecule has 1 unspecified atom stereocenters. The molecular weight excluding hydrogens is 449 g/mol. The number of morpholine rings is 1. The fourth-order valence-electron chi connectivity index (χ4n) is 4.16. The van der Waals surface area contributed by atoms with Crippen LogP contribution in [0.4, 0.5) is 10.2 Å². The first-order chi connectivity index (χ1) is 16.9. The quantitative estimate of drug-likeness (QED) is 0.527. The molecule has 1 amide bonds. The van der Waals surface area contributed by atoms with Crippen LogP contribution < -0.4 is 15.4 Å². The highest BCUT2D eigenvalue weighted by molar-refractivity contribution is 5.98. The average molecular weight is 482 g/mol. The summed E-state index contributed by atoms with van der Waals surface area (Å²) in [6.07, 6.45) is 2.66. The van der Waals surface area contributed by atoms with E-state index in [-0.39, 0.29) is 11.7 Å². The lowest BCUT2D eigenvalue weighted by molar-refractivity contribution is 0.0827. The van der Waals surface area contributed by atoms with Crippen LogP contribution in [0.5, 0.6) is 5.75 Å². The average Bonchev–Trinajstić information content (AvgIpc) is 2.87. The topological polar surface area (TPSA) is 93.8 Å². The van der Waals surface area contributed by atoms with Crippen molar-refractivity contribution < 1.29 is 18.7 Å². The van der Waals surface area contributed by atoms with Gasteiger partial charge in [-0.25, -0.2) is 9.37 Å². The van der Waals surface area contributed by atoms with Crippen LogP contribution in [0, 0.1) is 5.82 Å². The fraction of sp³-hybridized carbons (Fsp3) is 0.423. The minimum absolute atomic E-state index is 0.145. The van der Waals surface area contributed by atoms with E-state index in [9.17, 15) is 9.18 Å². The van der Waals surface area contributed by atoms with Crippen molar-refractivity contribution >= 4 is 22.8 Å². The molecule has 186 valence electrons. The number of rotatable bonds is 8. The van der Waals surface area contributed by atoms with Crippen molar-refractivity contribution in [2.24, 2.45) is 5.73 Å². The van der Waals surface area contributed by atoms with Crippen molar-refractivity contribution in [3.8, 4) is 5.75 Å². The second-order valence-electron chi connectivity index (χ2n) is 8.86. The molecule has 1 saturated heterocycles. The van der Waals surface area contributed by atoms with Crippen molar-refractivity contribution in [1.29, 1.82) is 0 Å². The molecule has 2 heterocycles. The number of amides is 1. The van der Waals surface area contributed by atoms with Gasteiger partial charge in [0.15, 0.2) is 0 Å². The van der Waals surface area contributed by atoms with Crippen LogP contribution in [0.3, 0.4) is 0 Å². The van der Waals surface area contributed by atoms with E-state index in [0.717, 1.165) is 30.9 Å². The van der Waals surface area contributed by atoms with Crippen molar-refractivity contribution in [2.75, 3.05) is 51.8 Å². The van der Waals surface area contributed by atoms with Crippen LogP contribution in [0.15, 0.2) is 36.5 Å². The van der Waals surface area contributed by atoms with Gasteiger partial charge in [0.2, 0.25) is 0 Å². The van der Waals surface area contributed by atoms with Gasteiger partial charge >= 0.3 is 0 Å². The van der Waals surface area contributed by atoms with Crippen LogP contribution in [0.1, 0.15) is 40.9 Å². The lowest BCUT2D eigenvalue weighted by atomic mass is 10.0. The molecule has 1 aromatic heterocycles. The van der Waals surface area contributed by atoms with Crippen molar-refractivity contribution in [1.82, 2.24) is 14.9 Å². The van der Waals surface area contributed by atoms with E-state index in [1.54, 1.807) is 38.5 Å². The number of nitrogens with two attached hydrogens (primary N) is 1. The highest BCUT2D eigenvalue weighted by atomic mass is 19.1. The molecule has 2 aromatic carbocycles. The second kappa shape index (κ2) is 11.0. The molecule has 35 heavy (non-hydrogen) atoms. The highest BCUT2D eigenvalue weighted by Crippen LogP contribution is 2.32. The molecule has 0 bridgehead atoms. The molecule has 3 aromatic rings. The molecule has 0 spiro atoms. The van der Waals surface area contributed by atoms with Crippen molar-refractivity contribution in [3.05, 3.63) is 59.0 Å². The Bertz CT molecular complexity index is 1200. The van der Waals surface area contributed by atoms with Crippen molar-refractivity contribution in [2.45, 2.75) is 25.9 Å². The summed E-state index contributed by atoms with van der Waals surface area (Å²) in [5.74, 6) is 0.685. The number of nitrogens with zero attached hydrogens (tertiary/aromatic N) is 4. The predicted molar refractivity (Wildman–Crippen MR) is 133 cm³/mol. The molecule has 9 heteroatoms. The second-order valence-corrected chi connectivity index (χ2v) is 8.86. The molecule has 1 fully saturated rings. The highest BCUT2D eigenvalue weighted by Gasteiger charge is 2.21. The Morgan fingerprint density at radius 3 is 2.74 bits per heavy atom. The maximum absolute atomic E-state index is 14.1. The molecule has 1 aliphatic rings. The van der Waals surface area contributed by atoms with Crippen LogP contribution in [-0.4, -0.2) is 67.7 Å². The number of benzene rings is 2. The first-order valence-corrected chi connectivity index (χ1v) is 11.9. The molecule has 0 radical (unpaired) electrons. The Balaban J connectivity index is 1.77. The molecule has 0 saturated carbocycles. The van der Waals surface area contributed by atoms with Gasteiger partial charge in [0.1, 0.15) is 23.5 Å². The van der Waals surface area contributed by atoms with Gasteiger partial charge in [0.05, 0.1) is 30.4 Å². The smallest absolute Gasteiger partial charge is 0.253 e. The standard InChI is InChI=1S/C26H32FN5O3/c1-17(35-23-15-20(27)7-6-18(23)5-4-8-28)21-13-19(26(33)31(2)3)14-22-25(21)30-24(16-29-22)32-9-11-34-12-10-32/h6-7,13-17H,4-5,8-12,28H2,1-3H3. The van der Waals surface area contributed by atoms with Gasteiger partial charge in [-0.2, -0.15) is 0 Å². The number of aromatic nitrogens is 2. The number of carbonyl (C=O) groups is 1. The third kappa shape index (κ3) is 5.68. The van der Waals surface area contributed by atoms with E-state index in [2.05, 4.69) is 9.88 Å². The van der Waals surface area contributed by atoms with Gasteiger partial charge in [-0.15, -0.1) is 0 Å². The number of ether oxygens (including phenoxy) is 2. The van der Waals surface area contributed by atoms with E-state index >= 15 is 0 Å². The van der Waals surface area contributed by atoms with Gasteiger partial charge in [-0.1, -0.05) is 6.07 Å². The SMILES string of the molecule is CC(Oc1cc(F)ccc1CCCN)c1cc(C(=O)N(C)C)cc2ncc(N3CCOCC3)nc12. The van der Waals surface area contributed by atoms with Crippen molar-refractivity contribution in [3.63, 3.8) is 0 Å². The molecule has 4 rings (SSSR count). The van der Waals surface area contributed by atoms with E-state index in [1.807, 2.05) is 6.92 Å². The van der Waals surface area contributed by atoms with E-state index in [1.165, 1.54) is 17.0 Å². The van der Waals surface area contributed by atoms with Gasteiger partial charge in [-0.05, 0) is 50.1 Å². The molecule has 2 N–H and O–H groups in total. The molecule has 1 aliphatic heterocycles. The number of anilines is 1. The zero-order chi connectivity index (χ0) is 24.9. The van der Waals surface area contributed by atoms with Crippen LogP contribution in [0.25, 0.3) is 11.0 Å². The Hall–Kier alpha value is -3.30. The number of aryl methyl sites for hydroxylation is 1. The lowest BCUT2D eigenvalue weighted by Gasteiger charge is -2.28. The number of hydrogen-bond donors (Lipinski definition) is 1. The summed E-state index contributed by atoms with van der Waals surface area (Å²) in [4.78, 5) is 26.0. The Morgan fingerprint density at radius 1 is 1.26 bits per heavy atom. The summed E-state index contributed by atoms with van der Waals surface area (Å²) in [6, 6.07) is 8.09. The lowest BCUT2D eigenvalue weighted by Crippen LogP contribution is -2.36. The third-order valence-corrected chi connectivity index (χ3v) is 6.07. The van der Waals surface area contributed by atoms with E-state index in [0.29, 0.717) is 54.1 Å². The van der Waals surface area contributed by atoms with Gasteiger partial charge in [-0.3, -0.25) is 9.78 Å². The largest absolute Gasteiger partial charge is 0.486 e. The Labute approximate surface area is 204 Å². The number of halogens is 1. The number of fused-ring (bicyclic) bond motifs is 1. The summed E-state index contributed by atoms with van der Waals surface area (Å²) in [5, 5.41) is 0. The summed E-state index contributed by atoms with van der Waals surface area (Å²) in [5.41, 5.74) is 9.01. The molecular formula is C26H32FN5O3. The Morgan fingerprint density at radius 2 is 2.03 bits per heavy atom. The van der Waals surface area contributed by atoms with Crippen LogP contribution >= 0.6 is 0 Å². The number of hydrogen-bond acceptors (Lipinski definition) is 7. The zero-order valence-corrected chi connectivity index (χ0v) is 20.5. The summed E-state index contributed by atoms with van der Waals surface area (Å²) in [7, 11) is 3.41. The normalized spacial score (nSPS) is 14.7. The molecule has 0 aliphatic carbocycles. The van der Waals surface area contributed by atoms with Crippen LogP contribution in [-0.2, 0) is 11.2 Å².